The highest BCUT2D eigenvalue weighted by Crippen LogP contribution is 2.33. The molecule has 2 rings (SSSR count). The zero-order valence-corrected chi connectivity index (χ0v) is 14.7. The van der Waals surface area contributed by atoms with Crippen LogP contribution in [0.2, 0.25) is 0 Å². The van der Waals surface area contributed by atoms with Gasteiger partial charge in [0.05, 0.1) is 11.6 Å². The van der Waals surface area contributed by atoms with Gasteiger partial charge in [-0.3, -0.25) is 0 Å². The van der Waals surface area contributed by atoms with Crippen molar-refractivity contribution in [2.45, 2.75) is 45.2 Å². The summed E-state index contributed by atoms with van der Waals surface area (Å²) in [6.45, 7) is 3.21. The Morgan fingerprint density at radius 3 is 2.68 bits per heavy atom. The van der Waals surface area contributed by atoms with E-state index >= 15 is 0 Å². The van der Waals surface area contributed by atoms with Crippen LogP contribution in [0.3, 0.4) is 0 Å². The van der Waals surface area contributed by atoms with E-state index in [0.717, 1.165) is 27.2 Å². The smallest absolute Gasteiger partial charge is 0.137 e. The third-order valence-electron chi connectivity index (χ3n) is 3.96. The van der Waals surface area contributed by atoms with Crippen LogP contribution in [0.25, 0.3) is 0 Å². The Bertz CT molecular complexity index is 436. The first-order valence-electron chi connectivity index (χ1n) is 6.87. The predicted molar refractivity (Wildman–Crippen MR) is 86.7 cm³/mol. The van der Waals surface area contributed by atoms with Crippen molar-refractivity contribution >= 4 is 31.9 Å². The molecule has 0 amide bonds. The molecule has 0 aliphatic heterocycles. The fraction of sp³-hybridized carbons (Fsp3) is 0.600. The van der Waals surface area contributed by atoms with Crippen molar-refractivity contribution in [2.24, 2.45) is 5.92 Å². The van der Waals surface area contributed by atoms with Crippen LogP contribution >= 0.6 is 31.9 Å². The van der Waals surface area contributed by atoms with E-state index in [1.807, 2.05) is 6.07 Å². The monoisotopic (exact) mass is 389 g/mol. The van der Waals surface area contributed by atoms with E-state index in [1.165, 1.54) is 31.2 Å². The van der Waals surface area contributed by atoms with Gasteiger partial charge >= 0.3 is 0 Å². The molecule has 1 aliphatic carbocycles. The average Bonchev–Trinajstić information content (AvgIpc) is 2.37. The lowest BCUT2D eigenvalue weighted by Crippen LogP contribution is -2.36. The first-order chi connectivity index (χ1) is 9.11. The molecule has 106 valence electrons. The third kappa shape index (κ3) is 3.96. The lowest BCUT2D eigenvalue weighted by Gasteiger charge is -2.30. The highest BCUT2D eigenvalue weighted by molar-refractivity contribution is 9.11. The van der Waals surface area contributed by atoms with Crippen molar-refractivity contribution in [1.82, 2.24) is 5.32 Å². The minimum Gasteiger partial charge on any atom is -0.495 e. The van der Waals surface area contributed by atoms with E-state index in [4.69, 9.17) is 4.74 Å². The number of hydrogen-bond donors (Lipinski definition) is 1. The van der Waals surface area contributed by atoms with Crippen LogP contribution in [0, 0.1) is 5.92 Å². The number of nitrogens with one attached hydrogen (secondary N) is 1. The van der Waals surface area contributed by atoms with Crippen LogP contribution in [0.4, 0.5) is 0 Å². The number of halogens is 2. The SMILES string of the molecule is COc1c(Br)cc(Br)cc1CNC1CCCCC1C. The molecule has 1 aromatic rings. The average molecular weight is 391 g/mol. The largest absolute Gasteiger partial charge is 0.495 e. The summed E-state index contributed by atoms with van der Waals surface area (Å²) in [5.74, 6) is 1.70. The number of rotatable bonds is 4. The molecule has 0 heterocycles. The zero-order valence-electron chi connectivity index (χ0n) is 11.5. The van der Waals surface area contributed by atoms with Crippen LogP contribution < -0.4 is 10.1 Å². The Morgan fingerprint density at radius 2 is 2.00 bits per heavy atom. The first kappa shape index (κ1) is 15.3. The minimum atomic E-state index is 0.635. The molecule has 1 aromatic carbocycles. The second-order valence-electron chi connectivity index (χ2n) is 5.33. The van der Waals surface area contributed by atoms with Crippen molar-refractivity contribution in [3.63, 3.8) is 0 Å². The van der Waals surface area contributed by atoms with Crippen molar-refractivity contribution in [2.75, 3.05) is 7.11 Å². The molecule has 2 unspecified atom stereocenters. The normalized spacial score (nSPS) is 23.4. The summed E-state index contributed by atoms with van der Waals surface area (Å²) in [6.07, 6.45) is 5.36. The Morgan fingerprint density at radius 1 is 1.26 bits per heavy atom. The minimum absolute atomic E-state index is 0.635. The van der Waals surface area contributed by atoms with E-state index in [1.54, 1.807) is 7.11 Å². The van der Waals surface area contributed by atoms with E-state index in [9.17, 15) is 0 Å². The molecule has 0 radical (unpaired) electrons. The van der Waals surface area contributed by atoms with Crippen LogP contribution in [0.5, 0.6) is 5.75 Å². The Labute approximate surface area is 132 Å². The van der Waals surface area contributed by atoms with E-state index in [0.29, 0.717) is 6.04 Å². The fourth-order valence-electron chi connectivity index (χ4n) is 2.83. The Hall–Kier alpha value is -0.0600. The van der Waals surface area contributed by atoms with Gasteiger partial charge in [-0.1, -0.05) is 35.7 Å². The van der Waals surface area contributed by atoms with Gasteiger partial charge in [-0.25, -0.2) is 0 Å². The Kier molecular flexibility index (Phi) is 5.72. The van der Waals surface area contributed by atoms with Gasteiger partial charge in [-0.2, -0.15) is 0 Å². The first-order valence-corrected chi connectivity index (χ1v) is 8.45. The molecule has 19 heavy (non-hydrogen) atoms. The van der Waals surface area contributed by atoms with Crippen LogP contribution in [0.15, 0.2) is 21.1 Å². The second-order valence-corrected chi connectivity index (χ2v) is 7.10. The number of ether oxygens (including phenoxy) is 1. The van der Waals surface area contributed by atoms with Gasteiger partial charge in [0, 0.05) is 22.6 Å². The lowest BCUT2D eigenvalue weighted by atomic mass is 9.86. The van der Waals surface area contributed by atoms with Gasteiger partial charge in [0.2, 0.25) is 0 Å². The van der Waals surface area contributed by atoms with Crippen molar-refractivity contribution < 1.29 is 4.74 Å². The molecular formula is C15H21Br2NO. The molecule has 0 spiro atoms. The lowest BCUT2D eigenvalue weighted by molar-refractivity contribution is 0.278. The van der Waals surface area contributed by atoms with Crippen molar-refractivity contribution in [3.05, 3.63) is 26.6 Å². The maximum Gasteiger partial charge on any atom is 0.137 e. The maximum atomic E-state index is 5.49. The highest BCUT2D eigenvalue weighted by atomic mass is 79.9. The maximum absolute atomic E-state index is 5.49. The van der Waals surface area contributed by atoms with Crippen molar-refractivity contribution in [3.8, 4) is 5.75 Å². The molecule has 2 atom stereocenters. The molecule has 0 saturated heterocycles. The molecule has 2 nitrogen and oxygen atoms in total. The predicted octanol–water partition coefficient (Wildman–Crippen LogP) is 4.89. The van der Waals surface area contributed by atoms with Gasteiger partial charge < -0.3 is 10.1 Å². The molecule has 1 aliphatic rings. The quantitative estimate of drug-likeness (QED) is 0.790. The van der Waals surface area contributed by atoms with E-state index in [2.05, 4.69) is 50.2 Å². The van der Waals surface area contributed by atoms with E-state index in [-0.39, 0.29) is 0 Å². The van der Waals surface area contributed by atoms with Gasteiger partial charge in [0.1, 0.15) is 5.75 Å². The summed E-state index contributed by atoms with van der Waals surface area (Å²) < 4.78 is 7.57. The Balaban J connectivity index is 2.06. The second kappa shape index (κ2) is 7.09. The molecule has 0 bridgehead atoms. The molecule has 0 aromatic heterocycles. The number of hydrogen-bond acceptors (Lipinski definition) is 2. The summed E-state index contributed by atoms with van der Waals surface area (Å²) in [5, 5.41) is 3.70. The summed E-state index contributed by atoms with van der Waals surface area (Å²) in [4.78, 5) is 0. The number of methoxy groups -OCH3 is 1. The fourth-order valence-corrected chi connectivity index (χ4v) is 4.31. The van der Waals surface area contributed by atoms with Gasteiger partial charge in [-0.15, -0.1) is 0 Å². The van der Waals surface area contributed by atoms with Crippen LogP contribution in [0.1, 0.15) is 38.2 Å². The molecule has 1 saturated carbocycles. The molecule has 1 N–H and O–H groups in total. The van der Waals surface area contributed by atoms with Crippen molar-refractivity contribution in [1.29, 1.82) is 0 Å². The zero-order chi connectivity index (χ0) is 13.8. The summed E-state index contributed by atoms with van der Waals surface area (Å²) in [6, 6.07) is 4.78. The molecule has 1 fully saturated rings. The van der Waals surface area contributed by atoms with Crippen LogP contribution in [-0.2, 0) is 6.54 Å². The summed E-state index contributed by atoms with van der Waals surface area (Å²) >= 11 is 7.09. The standard InChI is InChI=1S/C15H21Br2NO/c1-10-5-3-4-6-14(10)18-9-11-7-12(16)8-13(17)15(11)19-2/h7-8,10,14,18H,3-6,9H2,1-2H3. The topological polar surface area (TPSA) is 21.3 Å². The summed E-state index contributed by atoms with van der Waals surface area (Å²) in [7, 11) is 1.72. The van der Waals surface area contributed by atoms with E-state index < -0.39 is 0 Å². The van der Waals surface area contributed by atoms with Gasteiger partial charge in [-0.05, 0) is 46.8 Å². The third-order valence-corrected chi connectivity index (χ3v) is 5.00. The molecule has 4 heteroatoms. The van der Waals surface area contributed by atoms with Crippen LogP contribution in [-0.4, -0.2) is 13.2 Å². The number of benzene rings is 1. The van der Waals surface area contributed by atoms with Gasteiger partial charge in [0.25, 0.3) is 0 Å². The molecular weight excluding hydrogens is 370 g/mol. The highest BCUT2D eigenvalue weighted by Gasteiger charge is 2.21. The van der Waals surface area contributed by atoms with Gasteiger partial charge in [0.15, 0.2) is 0 Å². The summed E-state index contributed by atoms with van der Waals surface area (Å²) in [5.41, 5.74) is 1.20.